The van der Waals surface area contributed by atoms with Crippen molar-refractivity contribution in [2.75, 3.05) is 0 Å². The fraction of sp³-hybridized carbons (Fsp3) is 0.385. The van der Waals surface area contributed by atoms with Crippen LogP contribution in [0.1, 0.15) is 68.2 Å². The Labute approximate surface area is 202 Å². The third-order valence-corrected chi connectivity index (χ3v) is 5.56. The van der Waals surface area contributed by atoms with E-state index in [4.69, 9.17) is 4.74 Å². The van der Waals surface area contributed by atoms with Crippen LogP contribution in [0.15, 0.2) is 60.7 Å². The first-order valence-electron chi connectivity index (χ1n) is 9.83. The number of hydrogen-bond acceptors (Lipinski definition) is 2. The van der Waals surface area contributed by atoms with E-state index in [2.05, 4.69) is 62.0 Å². The Morgan fingerprint density at radius 2 is 1.55 bits per heavy atom. The molecule has 29 heavy (non-hydrogen) atoms. The zero-order valence-electron chi connectivity index (χ0n) is 16.8. The molecule has 0 bridgehead atoms. The Morgan fingerprint density at radius 1 is 1.00 bits per heavy atom. The predicted octanol–water partition coefficient (Wildman–Crippen LogP) is 6.64. The molecule has 0 aromatic heterocycles. The Kier molecular flexibility index (Phi) is 10.9. The second-order valence-corrected chi connectivity index (χ2v) is 7.84. The first-order valence-corrected chi connectivity index (χ1v) is 9.83. The molecule has 153 valence electrons. The summed E-state index contributed by atoms with van der Waals surface area (Å²) in [7, 11) is 0. The van der Waals surface area contributed by atoms with Gasteiger partial charge in [0.15, 0.2) is 0 Å². The van der Waals surface area contributed by atoms with Crippen LogP contribution in [0.5, 0.6) is 0 Å². The molecule has 0 spiro atoms. The SMILES string of the molecule is C.C=C(C)C(=O)OCc1ccc(C2CCC(Cc3ccc([CH2-])cc3)CC2)cc1.[Y]. The molecule has 0 N–H and O–H groups in total. The average Bonchev–Trinajstić information content (AvgIpc) is 2.69. The summed E-state index contributed by atoms with van der Waals surface area (Å²) in [6.45, 7) is 9.53. The van der Waals surface area contributed by atoms with E-state index < -0.39 is 0 Å². The van der Waals surface area contributed by atoms with Crippen LogP contribution < -0.4 is 0 Å². The van der Waals surface area contributed by atoms with Gasteiger partial charge in [-0.05, 0) is 62.0 Å². The summed E-state index contributed by atoms with van der Waals surface area (Å²) in [5.74, 6) is 1.11. The first-order chi connectivity index (χ1) is 13.0. The molecular formula is C26H33O2Y-. The number of ether oxygens (including phenoxy) is 1. The predicted molar refractivity (Wildman–Crippen MR) is 117 cm³/mol. The van der Waals surface area contributed by atoms with Gasteiger partial charge in [0.2, 0.25) is 0 Å². The molecule has 0 atom stereocenters. The normalized spacial score (nSPS) is 18.1. The van der Waals surface area contributed by atoms with Crippen LogP contribution in [0.3, 0.4) is 0 Å². The molecule has 1 saturated carbocycles. The van der Waals surface area contributed by atoms with Crippen molar-refractivity contribution in [2.24, 2.45) is 5.92 Å². The summed E-state index contributed by atoms with van der Waals surface area (Å²) in [4.78, 5) is 11.5. The zero-order valence-corrected chi connectivity index (χ0v) is 19.7. The zero-order chi connectivity index (χ0) is 19.2. The Balaban J connectivity index is 0.00000210. The molecule has 1 aliphatic rings. The van der Waals surface area contributed by atoms with Crippen LogP contribution in [0.4, 0.5) is 0 Å². The van der Waals surface area contributed by atoms with Crippen molar-refractivity contribution in [3.8, 4) is 0 Å². The summed E-state index contributed by atoms with van der Waals surface area (Å²) < 4.78 is 5.21. The van der Waals surface area contributed by atoms with Gasteiger partial charge in [0.1, 0.15) is 6.61 Å². The van der Waals surface area contributed by atoms with Gasteiger partial charge in [-0.25, -0.2) is 4.79 Å². The molecule has 0 aliphatic heterocycles. The van der Waals surface area contributed by atoms with E-state index in [0.29, 0.717) is 18.1 Å². The standard InChI is InChI=1S/C25H29O2.CH4.Y/c1-18(2)25(26)27-17-22-10-14-24(15-11-22)23-12-8-21(9-13-23)16-20-6-4-19(3)5-7-20;;/h4-7,10-11,14-15,21,23H,1,3,8-9,12-13,16-17H2,2H3;1H4;/q-1;;. The fourth-order valence-corrected chi connectivity index (χ4v) is 3.87. The van der Waals surface area contributed by atoms with Crippen LogP contribution in [0.2, 0.25) is 0 Å². The van der Waals surface area contributed by atoms with Crippen molar-refractivity contribution < 1.29 is 42.2 Å². The van der Waals surface area contributed by atoms with E-state index in [-0.39, 0.29) is 46.1 Å². The second-order valence-electron chi connectivity index (χ2n) is 7.84. The van der Waals surface area contributed by atoms with Crippen LogP contribution in [0, 0.1) is 12.8 Å². The summed E-state index contributed by atoms with van der Waals surface area (Å²) in [5.41, 5.74) is 5.38. The van der Waals surface area contributed by atoms with Gasteiger partial charge in [-0.3, -0.25) is 0 Å². The van der Waals surface area contributed by atoms with Crippen molar-refractivity contribution in [3.05, 3.63) is 89.9 Å². The molecule has 1 fully saturated rings. The van der Waals surface area contributed by atoms with Gasteiger partial charge < -0.3 is 4.74 Å². The maximum atomic E-state index is 11.5. The largest absolute Gasteiger partial charge is 0.457 e. The molecule has 0 saturated heterocycles. The molecule has 2 aromatic carbocycles. The Hall–Kier alpha value is -1.38. The molecule has 1 radical (unpaired) electrons. The maximum Gasteiger partial charge on any atom is 0.333 e. The minimum absolute atomic E-state index is 0. The van der Waals surface area contributed by atoms with E-state index in [0.717, 1.165) is 17.0 Å². The van der Waals surface area contributed by atoms with Gasteiger partial charge in [0.25, 0.3) is 0 Å². The fourth-order valence-electron chi connectivity index (χ4n) is 3.87. The Morgan fingerprint density at radius 3 is 2.10 bits per heavy atom. The third kappa shape index (κ3) is 7.76. The van der Waals surface area contributed by atoms with Gasteiger partial charge in [-0.1, -0.05) is 43.8 Å². The van der Waals surface area contributed by atoms with E-state index in [1.54, 1.807) is 6.92 Å². The number of benzene rings is 2. The Bertz CT molecular complexity index is 769. The van der Waals surface area contributed by atoms with E-state index in [1.165, 1.54) is 43.2 Å². The van der Waals surface area contributed by atoms with Crippen LogP contribution >= 0.6 is 0 Å². The van der Waals surface area contributed by atoms with Crippen LogP contribution in [-0.2, 0) is 55.3 Å². The van der Waals surface area contributed by atoms with Gasteiger partial charge >= 0.3 is 5.97 Å². The summed E-state index contributed by atoms with van der Waals surface area (Å²) >= 11 is 0. The summed E-state index contributed by atoms with van der Waals surface area (Å²) in [6.07, 6.45) is 6.26. The molecule has 1 aliphatic carbocycles. The van der Waals surface area contributed by atoms with Crippen molar-refractivity contribution in [1.82, 2.24) is 0 Å². The van der Waals surface area contributed by atoms with Gasteiger partial charge in [0, 0.05) is 38.3 Å². The molecule has 3 rings (SSSR count). The van der Waals surface area contributed by atoms with Crippen molar-refractivity contribution in [2.45, 2.75) is 59.0 Å². The number of hydrogen-bond donors (Lipinski definition) is 0. The van der Waals surface area contributed by atoms with Crippen molar-refractivity contribution >= 4 is 5.97 Å². The second kappa shape index (κ2) is 12.3. The molecule has 0 heterocycles. The molecule has 0 unspecified atom stereocenters. The average molecular weight is 466 g/mol. The molecule has 2 aromatic rings. The maximum absolute atomic E-state index is 11.5. The molecule has 3 heteroatoms. The number of rotatable bonds is 6. The monoisotopic (exact) mass is 466 g/mol. The topological polar surface area (TPSA) is 26.3 Å². The molecular weight excluding hydrogens is 433 g/mol. The van der Waals surface area contributed by atoms with Gasteiger partial charge in [0.05, 0.1) is 0 Å². The number of esters is 1. The van der Waals surface area contributed by atoms with Crippen LogP contribution in [-0.4, -0.2) is 5.97 Å². The van der Waals surface area contributed by atoms with E-state index in [1.807, 2.05) is 0 Å². The number of carbonyl (C=O) groups excluding carboxylic acids is 1. The van der Waals surface area contributed by atoms with Gasteiger partial charge in [-0.15, -0.1) is 12.1 Å². The minimum Gasteiger partial charge on any atom is -0.457 e. The van der Waals surface area contributed by atoms with Crippen molar-refractivity contribution in [1.29, 1.82) is 0 Å². The van der Waals surface area contributed by atoms with Crippen LogP contribution in [0.25, 0.3) is 0 Å². The number of carbonyl (C=O) groups is 1. The summed E-state index contributed by atoms with van der Waals surface area (Å²) in [5, 5.41) is 0. The molecule has 2 nitrogen and oxygen atoms in total. The molecule has 0 amide bonds. The van der Waals surface area contributed by atoms with E-state index in [9.17, 15) is 4.79 Å². The quantitative estimate of drug-likeness (QED) is 0.271. The first kappa shape index (κ1) is 25.7. The minimum atomic E-state index is -0.331. The smallest absolute Gasteiger partial charge is 0.333 e. The summed E-state index contributed by atoms with van der Waals surface area (Å²) in [6, 6.07) is 17.2. The third-order valence-electron chi connectivity index (χ3n) is 5.56. The van der Waals surface area contributed by atoms with E-state index >= 15 is 0 Å². The van der Waals surface area contributed by atoms with Gasteiger partial charge in [-0.2, -0.15) is 24.6 Å². The van der Waals surface area contributed by atoms with Crippen molar-refractivity contribution in [3.63, 3.8) is 0 Å².